The zero-order chi connectivity index (χ0) is 14.2. The SMILES string of the molecule is O=C1CC[C@@]2(CCN(C(=O)Nc3cccc(Cl)c3)C2)N1. The van der Waals surface area contributed by atoms with Crippen molar-refractivity contribution < 1.29 is 9.59 Å². The van der Waals surface area contributed by atoms with Crippen LogP contribution in [0.15, 0.2) is 24.3 Å². The fourth-order valence-electron chi connectivity index (χ4n) is 2.89. The van der Waals surface area contributed by atoms with Crippen molar-refractivity contribution in [2.45, 2.75) is 24.8 Å². The van der Waals surface area contributed by atoms with E-state index >= 15 is 0 Å². The molecule has 0 bridgehead atoms. The minimum atomic E-state index is -0.206. The van der Waals surface area contributed by atoms with E-state index in [2.05, 4.69) is 10.6 Å². The molecule has 0 aromatic heterocycles. The van der Waals surface area contributed by atoms with Crippen LogP contribution in [0, 0.1) is 0 Å². The molecule has 2 saturated heterocycles. The van der Waals surface area contributed by atoms with Crippen molar-refractivity contribution in [1.29, 1.82) is 0 Å². The van der Waals surface area contributed by atoms with Crippen LogP contribution >= 0.6 is 11.6 Å². The summed E-state index contributed by atoms with van der Waals surface area (Å²) in [4.78, 5) is 25.3. The predicted molar refractivity (Wildman–Crippen MR) is 76.8 cm³/mol. The molecule has 3 rings (SSSR count). The molecule has 2 fully saturated rings. The fourth-order valence-corrected chi connectivity index (χ4v) is 3.08. The van der Waals surface area contributed by atoms with Crippen molar-refractivity contribution in [1.82, 2.24) is 10.2 Å². The summed E-state index contributed by atoms with van der Waals surface area (Å²) >= 11 is 5.89. The van der Waals surface area contributed by atoms with Gasteiger partial charge in [-0.15, -0.1) is 0 Å². The van der Waals surface area contributed by atoms with Gasteiger partial charge in [0, 0.05) is 30.2 Å². The molecule has 3 amide bonds. The van der Waals surface area contributed by atoms with Crippen LogP contribution < -0.4 is 10.6 Å². The van der Waals surface area contributed by atoms with Crippen LogP contribution in [0.2, 0.25) is 5.02 Å². The second-order valence-electron chi connectivity index (χ2n) is 5.44. The van der Waals surface area contributed by atoms with Crippen LogP contribution in [-0.4, -0.2) is 35.5 Å². The number of benzene rings is 1. The smallest absolute Gasteiger partial charge is 0.321 e. The molecule has 106 valence electrons. The van der Waals surface area contributed by atoms with Crippen LogP contribution in [0.1, 0.15) is 19.3 Å². The van der Waals surface area contributed by atoms with Crippen molar-refractivity contribution in [2.24, 2.45) is 0 Å². The minimum Gasteiger partial charge on any atom is -0.349 e. The van der Waals surface area contributed by atoms with Gasteiger partial charge in [0.2, 0.25) is 5.91 Å². The lowest BCUT2D eigenvalue weighted by Gasteiger charge is -2.24. The van der Waals surface area contributed by atoms with Crippen molar-refractivity contribution in [3.8, 4) is 0 Å². The van der Waals surface area contributed by atoms with Gasteiger partial charge in [-0.3, -0.25) is 4.79 Å². The van der Waals surface area contributed by atoms with Crippen molar-refractivity contribution in [3.05, 3.63) is 29.3 Å². The lowest BCUT2D eigenvalue weighted by atomic mass is 9.97. The molecule has 20 heavy (non-hydrogen) atoms. The zero-order valence-electron chi connectivity index (χ0n) is 11.0. The highest BCUT2D eigenvalue weighted by molar-refractivity contribution is 6.30. The molecule has 0 radical (unpaired) electrons. The lowest BCUT2D eigenvalue weighted by molar-refractivity contribution is -0.119. The first-order chi connectivity index (χ1) is 9.56. The maximum absolute atomic E-state index is 12.2. The number of carbonyl (C=O) groups is 2. The molecular formula is C14H16ClN3O2. The second kappa shape index (κ2) is 4.98. The molecule has 2 N–H and O–H groups in total. The molecule has 2 aliphatic heterocycles. The molecule has 6 heteroatoms. The highest BCUT2D eigenvalue weighted by Crippen LogP contribution is 2.30. The number of urea groups is 1. The van der Waals surface area contributed by atoms with Crippen LogP contribution in [0.4, 0.5) is 10.5 Å². The van der Waals surface area contributed by atoms with Gasteiger partial charge in [0.15, 0.2) is 0 Å². The third kappa shape index (κ3) is 2.58. The van der Waals surface area contributed by atoms with Crippen LogP contribution in [0.25, 0.3) is 0 Å². The monoisotopic (exact) mass is 293 g/mol. The Bertz CT molecular complexity index is 563. The average molecular weight is 294 g/mol. The van der Waals surface area contributed by atoms with Crippen LogP contribution in [0.3, 0.4) is 0 Å². The van der Waals surface area contributed by atoms with Gasteiger partial charge in [-0.2, -0.15) is 0 Å². The van der Waals surface area contributed by atoms with Gasteiger partial charge in [-0.1, -0.05) is 17.7 Å². The number of hydrogen-bond donors (Lipinski definition) is 2. The number of carbonyl (C=O) groups excluding carboxylic acids is 2. The molecule has 1 aromatic rings. The molecule has 1 spiro atoms. The summed E-state index contributed by atoms with van der Waals surface area (Å²) in [5.41, 5.74) is 0.474. The van der Waals surface area contributed by atoms with E-state index in [0.717, 1.165) is 12.8 Å². The number of hydrogen-bond acceptors (Lipinski definition) is 2. The van der Waals surface area contributed by atoms with Crippen LogP contribution in [0.5, 0.6) is 0 Å². The molecule has 0 unspecified atom stereocenters. The first-order valence-corrected chi connectivity index (χ1v) is 7.07. The van der Waals surface area contributed by atoms with E-state index in [0.29, 0.717) is 30.2 Å². The molecule has 5 nitrogen and oxygen atoms in total. The Hall–Kier alpha value is -1.75. The van der Waals surface area contributed by atoms with E-state index in [4.69, 9.17) is 11.6 Å². The number of likely N-dealkylation sites (tertiary alicyclic amines) is 1. The molecule has 0 aliphatic carbocycles. The lowest BCUT2D eigenvalue weighted by Crippen LogP contribution is -2.45. The number of nitrogens with zero attached hydrogens (tertiary/aromatic N) is 1. The van der Waals surface area contributed by atoms with Crippen molar-refractivity contribution in [3.63, 3.8) is 0 Å². The summed E-state index contributed by atoms with van der Waals surface area (Å²) in [5, 5.41) is 6.42. The topological polar surface area (TPSA) is 61.4 Å². The molecule has 1 aromatic carbocycles. The third-order valence-corrected chi connectivity index (χ3v) is 4.19. The van der Waals surface area contributed by atoms with Gasteiger partial charge < -0.3 is 15.5 Å². The van der Waals surface area contributed by atoms with Gasteiger partial charge in [0.25, 0.3) is 0 Å². The summed E-state index contributed by atoms with van der Waals surface area (Å²) in [6.45, 7) is 1.23. The summed E-state index contributed by atoms with van der Waals surface area (Å²) < 4.78 is 0. The highest BCUT2D eigenvalue weighted by atomic mass is 35.5. The van der Waals surface area contributed by atoms with Gasteiger partial charge in [-0.05, 0) is 31.0 Å². The van der Waals surface area contributed by atoms with E-state index in [1.807, 2.05) is 0 Å². The Balaban J connectivity index is 1.63. The van der Waals surface area contributed by atoms with E-state index in [-0.39, 0.29) is 17.5 Å². The number of halogens is 1. The summed E-state index contributed by atoms with van der Waals surface area (Å²) in [7, 11) is 0. The summed E-state index contributed by atoms with van der Waals surface area (Å²) in [6.07, 6.45) is 2.19. The number of nitrogens with one attached hydrogen (secondary N) is 2. The second-order valence-corrected chi connectivity index (χ2v) is 5.88. The molecule has 2 aliphatic rings. The summed E-state index contributed by atoms with van der Waals surface area (Å²) in [5.74, 6) is 0.0853. The first kappa shape index (κ1) is 13.2. The molecular weight excluding hydrogens is 278 g/mol. The third-order valence-electron chi connectivity index (χ3n) is 3.95. The van der Waals surface area contributed by atoms with Gasteiger partial charge in [0.1, 0.15) is 0 Å². The Morgan fingerprint density at radius 2 is 2.25 bits per heavy atom. The Morgan fingerprint density at radius 1 is 1.40 bits per heavy atom. The normalized spacial score (nSPS) is 25.1. The van der Waals surface area contributed by atoms with E-state index in [1.54, 1.807) is 29.2 Å². The van der Waals surface area contributed by atoms with Gasteiger partial charge in [-0.25, -0.2) is 4.79 Å². The number of rotatable bonds is 1. The zero-order valence-corrected chi connectivity index (χ0v) is 11.7. The predicted octanol–water partition coefficient (Wildman–Crippen LogP) is 2.23. The number of anilines is 1. The van der Waals surface area contributed by atoms with Crippen molar-refractivity contribution in [2.75, 3.05) is 18.4 Å². The van der Waals surface area contributed by atoms with E-state index < -0.39 is 0 Å². The van der Waals surface area contributed by atoms with Crippen molar-refractivity contribution >= 4 is 29.2 Å². The molecule has 2 heterocycles. The largest absolute Gasteiger partial charge is 0.349 e. The first-order valence-electron chi connectivity index (χ1n) is 6.69. The maximum Gasteiger partial charge on any atom is 0.321 e. The Kier molecular flexibility index (Phi) is 3.30. The highest BCUT2D eigenvalue weighted by Gasteiger charge is 2.44. The molecule has 1 atom stereocenters. The minimum absolute atomic E-state index is 0.0853. The van der Waals surface area contributed by atoms with Gasteiger partial charge in [0.05, 0.1) is 5.54 Å². The molecule has 0 saturated carbocycles. The fraction of sp³-hybridized carbons (Fsp3) is 0.429. The quantitative estimate of drug-likeness (QED) is 0.834. The van der Waals surface area contributed by atoms with Gasteiger partial charge >= 0.3 is 6.03 Å². The summed E-state index contributed by atoms with van der Waals surface area (Å²) in [6, 6.07) is 6.91. The maximum atomic E-state index is 12.2. The average Bonchev–Trinajstić information content (AvgIpc) is 2.97. The van der Waals surface area contributed by atoms with Crippen LogP contribution in [-0.2, 0) is 4.79 Å². The Labute approximate surface area is 122 Å². The van der Waals surface area contributed by atoms with E-state index in [9.17, 15) is 9.59 Å². The van der Waals surface area contributed by atoms with E-state index in [1.165, 1.54) is 0 Å². The number of amides is 3. The standard InChI is InChI=1S/C14H16ClN3O2/c15-10-2-1-3-11(8-10)16-13(20)18-7-6-14(9-18)5-4-12(19)17-14/h1-3,8H,4-7,9H2,(H,16,20)(H,17,19)/t14-/m0/s1. The Morgan fingerprint density at radius 3 is 2.95 bits per heavy atom.